The van der Waals surface area contributed by atoms with Gasteiger partial charge in [0, 0.05) is 31.1 Å². The zero-order valence-electron chi connectivity index (χ0n) is 19.2. The van der Waals surface area contributed by atoms with Crippen LogP contribution in [0.15, 0.2) is 22.7 Å². The average molecular weight is 479 g/mol. The summed E-state index contributed by atoms with van der Waals surface area (Å²) in [5.74, 6) is 1.000. The van der Waals surface area contributed by atoms with E-state index in [4.69, 9.17) is 9.26 Å². The van der Waals surface area contributed by atoms with Crippen LogP contribution in [-0.4, -0.2) is 45.3 Å². The quantitative estimate of drug-likeness (QED) is 0.706. The number of hydrogen-bond acceptors (Lipinski definition) is 6. The van der Waals surface area contributed by atoms with Gasteiger partial charge in [-0.1, -0.05) is 13.8 Å². The molecule has 5 rings (SSSR count). The summed E-state index contributed by atoms with van der Waals surface area (Å²) in [4.78, 5) is 17.7. The number of halogens is 3. The first-order chi connectivity index (χ1) is 16.1. The number of rotatable bonds is 3. The molecule has 10 heteroatoms. The lowest BCUT2D eigenvalue weighted by molar-refractivity contribution is -0.150. The highest BCUT2D eigenvalue weighted by atomic mass is 19.4. The Balaban J connectivity index is 1.34. The van der Waals surface area contributed by atoms with Crippen molar-refractivity contribution in [3.8, 4) is 11.6 Å². The second-order valence-corrected chi connectivity index (χ2v) is 9.93. The van der Waals surface area contributed by atoms with Gasteiger partial charge in [0.1, 0.15) is 11.5 Å². The molecule has 1 N–H and O–H groups in total. The van der Waals surface area contributed by atoms with Crippen LogP contribution in [-0.2, 0) is 30.5 Å². The van der Waals surface area contributed by atoms with Crippen LogP contribution in [0.3, 0.4) is 0 Å². The minimum Gasteiger partial charge on any atom is -0.491 e. The Hall–Kier alpha value is -2.75. The van der Waals surface area contributed by atoms with Crippen molar-refractivity contribution in [2.45, 2.75) is 64.8 Å². The van der Waals surface area contributed by atoms with E-state index in [-0.39, 0.29) is 37.0 Å². The molecule has 3 heterocycles. The highest BCUT2D eigenvalue weighted by Crippen LogP contribution is 2.49. The minimum absolute atomic E-state index is 0.0258. The van der Waals surface area contributed by atoms with E-state index in [9.17, 15) is 23.1 Å². The Labute approximate surface area is 195 Å². The molecule has 1 aromatic heterocycles. The SMILES string of the molecule is CC(C)[C@]1(C(=O)N2COc3ccc(C(F)(F)F)cc3C2)CCC(N2CCc3onc(O)c3C2)C1. The molecule has 7 nitrogen and oxygen atoms in total. The van der Waals surface area contributed by atoms with Crippen LogP contribution in [0, 0.1) is 11.3 Å². The second-order valence-electron chi connectivity index (χ2n) is 9.93. The van der Waals surface area contributed by atoms with Gasteiger partial charge in [-0.2, -0.15) is 13.2 Å². The minimum atomic E-state index is -4.45. The molecule has 1 fully saturated rings. The van der Waals surface area contributed by atoms with E-state index in [2.05, 4.69) is 10.1 Å². The molecular formula is C24H28F3N3O4. The lowest BCUT2D eigenvalue weighted by atomic mass is 9.74. The van der Waals surface area contributed by atoms with Crippen LogP contribution >= 0.6 is 0 Å². The van der Waals surface area contributed by atoms with E-state index in [1.54, 1.807) is 4.90 Å². The van der Waals surface area contributed by atoms with E-state index >= 15 is 0 Å². The van der Waals surface area contributed by atoms with Gasteiger partial charge in [0.15, 0.2) is 6.73 Å². The van der Waals surface area contributed by atoms with Crippen molar-refractivity contribution in [3.63, 3.8) is 0 Å². The Kier molecular flexibility index (Phi) is 5.54. The fourth-order valence-electron chi connectivity index (χ4n) is 5.72. The van der Waals surface area contributed by atoms with Gasteiger partial charge in [-0.25, -0.2) is 0 Å². The van der Waals surface area contributed by atoms with Crippen molar-refractivity contribution in [2.24, 2.45) is 11.3 Å². The number of ether oxygens (including phenoxy) is 1. The van der Waals surface area contributed by atoms with Crippen LogP contribution in [0.1, 0.15) is 55.6 Å². The van der Waals surface area contributed by atoms with E-state index in [0.29, 0.717) is 48.4 Å². The van der Waals surface area contributed by atoms with Crippen LogP contribution < -0.4 is 4.74 Å². The van der Waals surface area contributed by atoms with Crippen molar-refractivity contribution in [2.75, 3.05) is 13.3 Å². The molecule has 1 aromatic carbocycles. The van der Waals surface area contributed by atoms with Gasteiger partial charge in [0.05, 0.1) is 23.1 Å². The summed E-state index contributed by atoms with van der Waals surface area (Å²) in [6, 6.07) is 3.56. The smallest absolute Gasteiger partial charge is 0.416 e. The van der Waals surface area contributed by atoms with Crippen molar-refractivity contribution in [3.05, 3.63) is 40.6 Å². The third kappa shape index (κ3) is 3.81. The number of aromatic nitrogens is 1. The normalized spacial score (nSPS) is 25.2. The van der Waals surface area contributed by atoms with Gasteiger partial charge in [-0.05, 0) is 48.5 Å². The molecule has 0 radical (unpaired) electrons. The molecule has 3 aliphatic rings. The summed E-state index contributed by atoms with van der Waals surface area (Å²) in [5, 5.41) is 13.6. The number of fused-ring (bicyclic) bond motifs is 2. The molecule has 0 saturated heterocycles. The van der Waals surface area contributed by atoms with Crippen molar-refractivity contribution < 1.29 is 32.3 Å². The molecule has 0 bridgehead atoms. The second kappa shape index (κ2) is 8.18. The Morgan fingerprint density at radius 3 is 2.82 bits per heavy atom. The standard InChI is InChI=1S/C24H28F3N3O4/c1-14(2)23(7-5-17(10-23)29-8-6-20-18(12-29)21(31)28-34-20)22(32)30-11-15-9-16(24(25,26)27)3-4-19(15)33-13-30/h3-4,9,14,17H,5-8,10-13H2,1-2H3,(H,28,31)/t17?,23-/m0/s1. The van der Waals surface area contributed by atoms with Crippen molar-refractivity contribution in [1.82, 2.24) is 15.0 Å². The lowest BCUT2D eigenvalue weighted by Gasteiger charge is -2.40. The third-order valence-electron chi connectivity index (χ3n) is 7.82. The van der Waals surface area contributed by atoms with Gasteiger partial charge < -0.3 is 19.3 Å². The largest absolute Gasteiger partial charge is 0.491 e. The molecule has 1 aliphatic carbocycles. The van der Waals surface area contributed by atoms with Crippen molar-refractivity contribution in [1.29, 1.82) is 0 Å². The number of nitrogens with zero attached hydrogens (tertiary/aromatic N) is 3. The molecule has 2 aromatic rings. The summed E-state index contributed by atoms with van der Waals surface area (Å²) in [5.41, 5.74) is -0.287. The third-order valence-corrected chi connectivity index (χ3v) is 7.82. The number of hydrogen-bond donors (Lipinski definition) is 1. The summed E-state index contributed by atoms with van der Waals surface area (Å²) >= 11 is 0. The highest BCUT2D eigenvalue weighted by Gasteiger charge is 2.51. The fourth-order valence-corrected chi connectivity index (χ4v) is 5.72. The predicted molar refractivity (Wildman–Crippen MR) is 115 cm³/mol. The summed E-state index contributed by atoms with van der Waals surface area (Å²) in [6.45, 7) is 5.46. The highest BCUT2D eigenvalue weighted by molar-refractivity contribution is 5.83. The van der Waals surface area contributed by atoms with Crippen LogP contribution in [0.25, 0.3) is 0 Å². The number of alkyl halides is 3. The van der Waals surface area contributed by atoms with Gasteiger partial charge in [-0.15, -0.1) is 0 Å². The molecule has 1 unspecified atom stereocenters. The monoisotopic (exact) mass is 479 g/mol. The zero-order valence-corrected chi connectivity index (χ0v) is 19.2. The number of carbonyl (C=O) groups excluding carboxylic acids is 1. The summed E-state index contributed by atoms with van der Waals surface area (Å²) in [6.07, 6.45) is -1.63. The van der Waals surface area contributed by atoms with E-state index < -0.39 is 17.2 Å². The van der Waals surface area contributed by atoms with Gasteiger partial charge in [-0.3, -0.25) is 9.69 Å². The number of carbonyl (C=O) groups is 1. The molecule has 1 amide bonds. The van der Waals surface area contributed by atoms with Crippen LogP contribution in [0.2, 0.25) is 0 Å². The number of aromatic hydroxyl groups is 1. The van der Waals surface area contributed by atoms with E-state index in [1.165, 1.54) is 6.07 Å². The lowest BCUT2D eigenvalue weighted by Crippen LogP contribution is -2.49. The van der Waals surface area contributed by atoms with Crippen molar-refractivity contribution >= 4 is 5.91 Å². The predicted octanol–water partition coefficient (Wildman–Crippen LogP) is 4.33. The maximum atomic E-state index is 13.8. The summed E-state index contributed by atoms with van der Waals surface area (Å²) < 4.78 is 50.4. The van der Waals surface area contributed by atoms with Crippen LogP contribution in [0.5, 0.6) is 11.6 Å². The topological polar surface area (TPSA) is 79.0 Å². The van der Waals surface area contributed by atoms with E-state index in [1.807, 2.05) is 13.8 Å². The van der Waals surface area contributed by atoms with Crippen LogP contribution in [0.4, 0.5) is 13.2 Å². The Morgan fingerprint density at radius 2 is 2.09 bits per heavy atom. The average Bonchev–Trinajstić information content (AvgIpc) is 3.42. The number of benzene rings is 1. The molecule has 0 spiro atoms. The molecule has 2 aliphatic heterocycles. The first-order valence-electron chi connectivity index (χ1n) is 11.6. The molecular weight excluding hydrogens is 451 g/mol. The molecule has 1 saturated carbocycles. The Bertz CT molecular complexity index is 1100. The van der Waals surface area contributed by atoms with E-state index in [0.717, 1.165) is 25.1 Å². The molecule has 2 atom stereocenters. The maximum absolute atomic E-state index is 13.8. The first kappa shape index (κ1) is 23.0. The van der Waals surface area contributed by atoms with Gasteiger partial charge in [0.25, 0.3) is 5.88 Å². The zero-order chi connectivity index (χ0) is 24.3. The van der Waals surface area contributed by atoms with Gasteiger partial charge in [0.2, 0.25) is 5.91 Å². The molecule has 34 heavy (non-hydrogen) atoms. The number of amides is 1. The Morgan fingerprint density at radius 1 is 1.29 bits per heavy atom. The summed E-state index contributed by atoms with van der Waals surface area (Å²) in [7, 11) is 0. The first-order valence-corrected chi connectivity index (χ1v) is 11.6. The fraction of sp³-hybridized carbons (Fsp3) is 0.583. The maximum Gasteiger partial charge on any atom is 0.416 e. The molecule has 184 valence electrons. The van der Waals surface area contributed by atoms with Gasteiger partial charge >= 0.3 is 6.18 Å².